The van der Waals surface area contributed by atoms with Gasteiger partial charge in [0.05, 0.1) is 0 Å². The molecule has 0 aliphatic carbocycles. The lowest BCUT2D eigenvalue weighted by Gasteiger charge is -1.92. The average molecular weight is 286 g/mol. The molecule has 0 aliphatic heterocycles. The number of aromatic nitrogens is 1. The number of halogens is 1. The summed E-state index contributed by atoms with van der Waals surface area (Å²) in [5, 5.41) is 0. The fourth-order valence-electron chi connectivity index (χ4n) is 1.38. The van der Waals surface area contributed by atoms with Crippen molar-refractivity contribution < 1.29 is 0 Å². The molecule has 0 atom stereocenters. The van der Waals surface area contributed by atoms with E-state index < -0.39 is 0 Å². The van der Waals surface area contributed by atoms with E-state index >= 15 is 0 Å². The number of pyridine rings is 1. The van der Waals surface area contributed by atoms with Crippen LogP contribution in [0.15, 0.2) is 65.4 Å². The molecule has 1 aromatic carbocycles. The molecule has 2 rings (SSSR count). The van der Waals surface area contributed by atoms with Crippen LogP contribution in [-0.2, 0) is 0 Å². The molecule has 0 fully saturated rings. The van der Waals surface area contributed by atoms with E-state index in [1.54, 1.807) is 12.4 Å². The second-order valence-electron chi connectivity index (χ2n) is 3.55. The maximum absolute atomic E-state index is 3.97. The van der Waals surface area contributed by atoms with E-state index in [1.165, 1.54) is 5.56 Å². The van der Waals surface area contributed by atoms with E-state index in [1.807, 2.05) is 36.4 Å². The smallest absolute Gasteiger partial charge is 0.0273 e. The van der Waals surface area contributed by atoms with Crippen molar-refractivity contribution in [2.45, 2.75) is 0 Å². The molecule has 0 saturated heterocycles. The highest BCUT2D eigenvalue weighted by atomic mass is 79.9. The van der Waals surface area contributed by atoms with Gasteiger partial charge in [-0.3, -0.25) is 4.98 Å². The molecule has 17 heavy (non-hydrogen) atoms. The molecule has 0 radical (unpaired) electrons. The number of rotatable bonds is 3. The maximum atomic E-state index is 3.97. The molecule has 84 valence electrons. The molecule has 1 aromatic heterocycles. The number of nitrogens with zero attached hydrogens (tertiary/aromatic N) is 1. The lowest BCUT2D eigenvalue weighted by atomic mass is 10.2. The summed E-state index contributed by atoms with van der Waals surface area (Å²) in [5.41, 5.74) is 2.34. The third-order valence-corrected chi connectivity index (χ3v) is 2.79. The van der Waals surface area contributed by atoms with E-state index in [0.717, 1.165) is 10.0 Å². The molecule has 2 heteroatoms. The molecular formula is C15H12BrN. The Balaban J connectivity index is 1.98. The van der Waals surface area contributed by atoms with E-state index in [-0.39, 0.29) is 0 Å². The lowest BCUT2D eigenvalue weighted by molar-refractivity contribution is 1.32. The minimum atomic E-state index is 1.10. The molecule has 0 bridgehead atoms. The maximum Gasteiger partial charge on any atom is 0.0273 e. The van der Waals surface area contributed by atoms with Crippen molar-refractivity contribution in [1.82, 2.24) is 4.98 Å². The summed E-state index contributed by atoms with van der Waals surface area (Å²) in [5.74, 6) is 0. The van der Waals surface area contributed by atoms with Crippen molar-refractivity contribution in [2.24, 2.45) is 0 Å². The normalized spacial score (nSPS) is 11.4. The van der Waals surface area contributed by atoms with Crippen LogP contribution in [0.5, 0.6) is 0 Å². The van der Waals surface area contributed by atoms with Crippen LogP contribution in [0.4, 0.5) is 0 Å². The van der Waals surface area contributed by atoms with Crippen molar-refractivity contribution >= 4 is 28.1 Å². The van der Waals surface area contributed by atoms with Gasteiger partial charge in [0.15, 0.2) is 0 Å². The summed E-state index contributed by atoms with van der Waals surface area (Å²) in [6, 6.07) is 12.2. The predicted molar refractivity (Wildman–Crippen MR) is 76.4 cm³/mol. The Hall–Kier alpha value is -1.67. The second kappa shape index (κ2) is 6.16. The number of hydrogen-bond donors (Lipinski definition) is 0. The van der Waals surface area contributed by atoms with Gasteiger partial charge in [0.2, 0.25) is 0 Å². The Morgan fingerprint density at radius 2 is 1.29 bits per heavy atom. The molecular weight excluding hydrogens is 274 g/mol. The van der Waals surface area contributed by atoms with Crippen molar-refractivity contribution in [3.8, 4) is 0 Å². The summed E-state index contributed by atoms with van der Waals surface area (Å²) in [4.78, 5) is 3.97. The average Bonchev–Trinajstić information content (AvgIpc) is 2.38. The van der Waals surface area contributed by atoms with Gasteiger partial charge < -0.3 is 0 Å². The number of benzene rings is 1. The molecule has 0 aliphatic rings. The summed E-state index contributed by atoms with van der Waals surface area (Å²) >= 11 is 3.41. The third-order valence-electron chi connectivity index (χ3n) is 2.26. The Bertz CT molecular complexity index is 512. The number of hydrogen-bond acceptors (Lipinski definition) is 1. The zero-order chi connectivity index (χ0) is 11.9. The van der Waals surface area contributed by atoms with Crippen molar-refractivity contribution in [3.63, 3.8) is 0 Å². The van der Waals surface area contributed by atoms with Gasteiger partial charge in [-0.05, 0) is 35.4 Å². The van der Waals surface area contributed by atoms with Crippen LogP contribution in [0.2, 0.25) is 0 Å². The Labute approximate surface area is 110 Å². The Kier molecular flexibility index (Phi) is 4.28. The molecule has 1 nitrogen and oxygen atoms in total. The van der Waals surface area contributed by atoms with E-state index in [0.29, 0.717) is 0 Å². The summed E-state index contributed by atoms with van der Waals surface area (Å²) in [6.07, 6.45) is 11.8. The van der Waals surface area contributed by atoms with Gasteiger partial charge in [-0.1, -0.05) is 52.4 Å². The van der Waals surface area contributed by atoms with Crippen LogP contribution in [0, 0.1) is 0 Å². The van der Waals surface area contributed by atoms with Crippen LogP contribution in [0.25, 0.3) is 12.2 Å². The summed E-state index contributed by atoms with van der Waals surface area (Å²) in [7, 11) is 0. The zero-order valence-electron chi connectivity index (χ0n) is 9.25. The monoisotopic (exact) mass is 285 g/mol. The van der Waals surface area contributed by atoms with Gasteiger partial charge in [0, 0.05) is 16.9 Å². The van der Waals surface area contributed by atoms with Gasteiger partial charge in [-0.15, -0.1) is 0 Å². The second-order valence-corrected chi connectivity index (χ2v) is 4.47. The standard InChI is InChI=1S/C15H12BrN/c16-15-7-5-13(6-8-15)3-1-2-4-14-9-11-17-12-10-14/h1-12H. The fraction of sp³-hybridized carbons (Fsp3) is 0. The van der Waals surface area contributed by atoms with E-state index in [9.17, 15) is 0 Å². The summed E-state index contributed by atoms with van der Waals surface area (Å²) < 4.78 is 1.10. The van der Waals surface area contributed by atoms with Crippen LogP contribution < -0.4 is 0 Å². The highest BCUT2D eigenvalue weighted by Crippen LogP contribution is 2.11. The van der Waals surface area contributed by atoms with Crippen LogP contribution in [-0.4, -0.2) is 4.98 Å². The minimum Gasteiger partial charge on any atom is -0.265 e. The largest absolute Gasteiger partial charge is 0.265 e. The van der Waals surface area contributed by atoms with Gasteiger partial charge in [0.25, 0.3) is 0 Å². The van der Waals surface area contributed by atoms with Crippen molar-refractivity contribution in [1.29, 1.82) is 0 Å². The topological polar surface area (TPSA) is 12.9 Å². The molecule has 1 heterocycles. The first-order valence-electron chi connectivity index (χ1n) is 5.35. The summed E-state index contributed by atoms with van der Waals surface area (Å²) in [6.45, 7) is 0. The minimum absolute atomic E-state index is 1.10. The molecule has 0 spiro atoms. The van der Waals surface area contributed by atoms with Gasteiger partial charge >= 0.3 is 0 Å². The first-order chi connectivity index (χ1) is 8.34. The molecule has 0 unspecified atom stereocenters. The van der Waals surface area contributed by atoms with Gasteiger partial charge in [-0.2, -0.15) is 0 Å². The quantitative estimate of drug-likeness (QED) is 0.753. The van der Waals surface area contributed by atoms with Crippen LogP contribution in [0.1, 0.15) is 11.1 Å². The lowest BCUT2D eigenvalue weighted by Crippen LogP contribution is -1.71. The van der Waals surface area contributed by atoms with Crippen LogP contribution in [0.3, 0.4) is 0 Å². The van der Waals surface area contributed by atoms with E-state index in [4.69, 9.17) is 0 Å². The first-order valence-corrected chi connectivity index (χ1v) is 6.14. The Morgan fingerprint density at radius 3 is 1.88 bits per heavy atom. The zero-order valence-corrected chi connectivity index (χ0v) is 10.8. The van der Waals surface area contributed by atoms with Crippen molar-refractivity contribution in [3.05, 3.63) is 76.5 Å². The molecule has 2 aromatic rings. The third kappa shape index (κ3) is 4.00. The first kappa shape index (κ1) is 11.8. The number of allylic oxidation sites excluding steroid dienone is 2. The van der Waals surface area contributed by atoms with Gasteiger partial charge in [-0.25, -0.2) is 0 Å². The van der Waals surface area contributed by atoms with Crippen LogP contribution >= 0.6 is 15.9 Å². The SMILES string of the molecule is Brc1ccc(C=CC=Cc2ccncc2)cc1. The highest BCUT2D eigenvalue weighted by molar-refractivity contribution is 9.10. The van der Waals surface area contributed by atoms with E-state index in [2.05, 4.69) is 45.2 Å². The molecule has 0 saturated carbocycles. The van der Waals surface area contributed by atoms with Crippen molar-refractivity contribution in [2.75, 3.05) is 0 Å². The fourth-order valence-corrected chi connectivity index (χ4v) is 1.65. The molecule has 0 N–H and O–H groups in total. The Morgan fingerprint density at radius 1 is 0.765 bits per heavy atom. The van der Waals surface area contributed by atoms with Gasteiger partial charge in [0.1, 0.15) is 0 Å². The highest BCUT2D eigenvalue weighted by Gasteiger charge is 1.86. The predicted octanol–water partition coefficient (Wildman–Crippen LogP) is 4.57. The molecule has 0 amide bonds.